The number of thioether (sulfide) groups is 1. The van der Waals surface area contributed by atoms with Gasteiger partial charge in [0.05, 0.1) is 10.4 Å². The van der Waals surface area contributed by atoms with Gasteiger partial charge < -0.3 is 5.73 Å². The molecule has 1 nitrogen and oxygen atoms in total. The van der Waals surface area contributed by atoms with E-state index in [-0.39, 0.29) is 0 Å². The van der Waals surface area contributed by atoms with E-state index in [0.29, 0.717) is 0 Å². The number of halogens is 1. The summed E-state index contributed by atoms with van der Waals surface area (Å²) < 4.78 is 2.17. The van der Waals surface area contributed by atoms with Crippen molar-refractivity contribution < 1.29 is 0 Å². The lowest BCUT2D eigenvalue weighted by molar-refractivity contribution is 1.54. The van der Waals surface area contributed by atoms with Crippen LogP contribution in [-0.2, 0) is 0 Å². The highest BCUT2D eigenvalue weighted by Crippen LogP contribution is 2.38. The molecule has 0 unspecified atom stereocenters. The Balaban J connectivity index is 2.87. The van der Waals surface area contributed by atoms with Crippen LogP contribution in [0.3, 0.4) is 0 Å². The summed E-state index contributed by atoms with van der Waals surface area (Å²) in [5, 5.41) is 3.34. The average Bonchev–Trinajstić information content (AvgIpc) is 2.60. The predicted octanol–water partition coefficient (Wildman–Crippen LogP) is 3.97. The SMILES string of the molecule is CSc1cc(Br)c(N)c2sccc12. The zero-order valence-electron chi connectivity index (χ0n) is 7.00. The molecule has 1 aromatic heterocycles. The lowest BCUT2D eigenvalue weighted by atomic mass is 10.2. The van der Waals surface area contributed by atoms with Crippen molar-refractivity contribution in [2.24, 2.45) is 0 Å². The van der Waals surface area contributed by atoms with Gasteiger partial charge in [0, 0.05) is 14.8 Å². The fourth-order valence-corrected chi connectivity index (χ4v) is 3.54. The molecule has 0 atom stereocenters. The number of thiophene rings is 1. The van der Waals surface area contributed by atoms with Gasteiger partial charge in [-0.05, 0) is 39.7 Å². The number of rotatable bonds is 1. The Morgan fingerprint density at radius 1 is 1.54 bits per heavy atom. The van der Waals surface area contributed by atoms with Gasteiger partial charge in [0.15, 0.2) is 0 Å². The molecule has 1 heterocycles. The lowest BCUT2D eigenvalue weighted by Gasteiger charge is -2.04. The van der Waals surface area contributed by atoms with Crippen LogP contribution in [0.2, 0.25) is 0 Å². The number of benzene rings is 1. The molecule has 2 rings (SSSR count). The van der Waals surface area contributed by atoms with Crippen LogP contribution in [0.1, 0.15) is 0 Å². The average molecular weight is 274 g/mol. The van der Waals surface area contributed by atoms with Crippen LogP contribution in [0.15, 0.2) is 26.9 Å². The smallest absolute Gasteiger partial charge is 0.0640 e. The molecule has 0 aliphatic heterocycles. The largest absolute Gasteiger partial charge is 0.397 e. The van der Waals surface area contributed by atoms with Gasteiger partial charge in [-0.2, -0.15) is 0 Å². The van der Waals surface area contributed by atoms with E-state index in [1.807, 2.05) is 0 Å². The molecule has 2 N–H and O–H groups in total. The second kappa shape index (κ2) is 3.52. The molecule has 2 aromatic rings. The van der Waals surface area contributed by atoms with E-state index < -0.39 is 0 Å². The van der Waals surface area contributed by atoms with Crippen molar-refractivity contribution in [1.82, 2.24) is 0 Å². The summed E-state index contributed by atoms with van der Waals surface area (Å²) in [4.78, 5) is 1.28. The van der Waals surface area contributed by atoms with Gasteiger partial charge in [-0.1, -0.05) is 0 Å². The van der Waals surface area contributed by atoms with Gasteiger partial charge in [0.25, 0.3) is 0 Å². The molecule has 0 spiro atoms. The highest BCUT2D eigenvalue weighted by atomic mass is 79.9. The van der Waals surface area contributed by atoms with Crippen molar-refractivity contribution in [1.29, 1.82) is 0 Å². The molecule has 0 saturated carbocycles. The summed E-state index contributed by atoms with van der Waals surface area (Å²) in [7, 11) is 0. The molecule has 1 aromatic carbocycles. The quantitative estimate of drug-likeness (QED) is 0.629. The van der Waals surface area contributed by atoms with Crippen molar-refractivity contribution in [3.63, 3.8) is 0 Å². The summed E-state index contributed by atoms with van der Waals surface area (Å²) in [5.74, 6) is 0. The second-order valence-electron chi connectivity index (χ2n) is 2.64. The second-order valence-corrected chi connectivity index (χ2v) is 5.26. The Kier molecular flexibility index (Phi) is 2.53. The predicted molar refractivity (Wildman–Crippen MR) is 65.7 cm³/mol. The third kappa shape index (κ3) is 1.47. The third-order valence-electron chi connectivity index (χ3n) is 1.91. The van der Waals surface area contributed by atoms with Crippen LogP contribution >= 0.6 is 39.0 Å². The molecule has 0 aliphatic rings. The summed E-state index contributed by atoms with van der Waals surface area (Å²) in [6, 6.07) is 4.20. The number of hydrogen-bond acceptors (Lipinski definition) is 3. The number of nitrogens with two attached hydrogens (primary N) is 1. The van der Waals surface area contributed by atoms with Crippen molar-refractivity contribution in [3.05, 3.63) is 22.0 Å². The Morgan fingerprint density at radius 2 is 2.31 bits per heavy atom. The zero-order chi connectivity index (χ0) is 9.42. The molecule has 0 saturated heterocycles. The molecule has 0 aliphatic carbocycles. The van der Waals surface area contributed by atoms with Crippen LogP contribution in [0.25, 0.3) is 10.1 Å². The highest BCUT2D eigenvalue weighted by molar-refractivity contribution is 9.10. The first-order valence-corrected chi connectivity index (χ1v) is 6.63. The molecule has 68 valence electrons. The van der Waals surface area contributed by atoms with Crippen LogP contribution in [0.4, 0.5) is 5.69 Å². The minimum absolute atomic E-state index is 0.850. The topological polar surface area (TPSA) is 26.0 Å². The molecule has 0 fully saturated rings. The lowest BCUT2D eigenvalue weighted by Crippen LogP contribution is -1.87. The standard InChI is InChI=1S/C9H8BrNS2/c1-12-7-4-6(10)8(11)9-5(7)2-3-13-9/h2-4H,11H2,1H3. The minimum atomic E-state index is 0.850. The summed E-state index contributed by atoms with van der Waals surface area (Å²) in [5.41, 5.74) is 6.79. The Morgan fingerprint density at radius 3 is 3.00 bits per heavy atom. The maximum Gasteiger partial charge on any atom is 0.0640 e. The van der Waals surface area contributed by atoms with Crippen LogP contribution in [0.5, 0.6) is 0 Å². The van der Waals surface area contributed by atoms with Crippen molar-refractivity contribution in [2.45, 2.75) is 4.90 Å². The molecule has 0 radical (unpaired) electrons. The van der Waals surface area contributed by atoms with Crippen LogP contribution < -0.4 is 5.73 Å². The number of anilines is 1. The Bertz CT molecular complexity index is 450. The fourth-order valence-electron chi connectivity index (χ4n) is 1.26. The van der Waals surface area contributed by atoms with Crippen molar-refractivity contribution >= 4 is 54.8 Å². The van der Waals surface area contributed by atoms with Crippen LogP contribution in [-0.4, -0.2) is 6.26 Å². The van der Waals surface area contributed by atoms with Gasteiger partial charge in [-0.15, -0.1) is 23.1 Å². The van der Waals surface area contributed by atoms with E-state index in [1.54, 1.807) is 23.1 Å². The zero-order valence-corrected chi connectivity index (χ0v) is 10.2. The Hall–Kier alpha value is -0.190. The number of hydrogen-bond donors (Lipinski definition) is 1. The monoisotopic (exact) mass is 273 g/mol. The van der Waals surface area contributed by atoms with E-state index in [1.165, 1.54) is 15.0 Å². The van der Waals surface area contributed by atoms with Crippen molar-refractivity contribution in [2.75, 3.05) is 12.0 Å². The maximum absolute atomic E-state index is 5.94. The summed E-state index contributed by atoms with van der Waals surface area (Å²) >= 11 is 6.90. The first-order chi connectivity index (χ1) is 6.24. The van der Waals surface area contributed by atoms with Crippen molar-refractivity contribution in [3.8, 4) is 0 Å². The first kappa shape index (κ1) is 9.37. The van der Waals surface area contributed by atoms with E-state index >= 15 is 0 Å². The van der Waals surface area contributed by atoms with Crippen LogP contribution in [0, 0.1) is 0 Å². The molecular formula is C9H8BrNS2. The summed E-state index contributed by atoms with van der Waals surface area (Å²) in [6.07, 6.45) is 2.08. The summed E-state index contributed by atoms with van der Waals surface area (Å²) in [6.45, 7) is 0. The minimum Gasteiger partial charge on any atom is -0.397 e. The Labute approximate surface area is 93.4 Å². The van der Waals surface area contributed by atoms with Gasteiger partial charge in [-0.3, -0.25) is 0 Å². The maximum atomic E-state index is 5.94. The molecule has 0 amide bonds. The van der Waals surface area contributed by atoms with Gasteiger partial charge >= 0.3 is 0 Å². The van der Waals surface area contributed by atoms with Gasteiger partial charge in [0.1, 0.15) is 0 Å². The number of fused-ring (bicyclic) bond motifs is 1. The van der Waals surface area contributed by atoms with Gasteiger partial charge in [-0.25, -0.2) is 0 Å². The van der Waals surface area contributed by atoms with E-state index in [4.69, 9.17) is 5.73 Å². The first-order valence-electron chi connectivity index (χ1n) is 3.73. The van der Waals surface area contributed by atoms with E-state index in [9.17, 15) is 0 Å². The molecule has 0 bridgehead atoms. The van der Waals surface area contributed by atoms with E-state index in [0.717, 1.165) is 10.2 Å². The molecular weight excluding hydrogens is 266 g/mol. The highest BCUT2D eigenvalue weighted by Gasteiger charge is 2.08. The molecule has 13 heavy (non-hydrogen) atoms. The fraction of sp³-hybridized carbons (Fsp3) is 0.111. The normalized spacial score (nSPS) is 10.9. The number of nitrogen functional groups attached to an aromatic ring is 1. The van der Waals surface area contributed by atoms with E-state index in [2.05, 4.69) is 39.7 Å². The van der Waals surface area contributed by atoms with Gasteiger partial charge in [0.2, 0.25) is 0 Å². The third-order valence-corrected chi connectivity index (χ3v) is 4.29. The molecule has 4 heteroatoms.